The van der Waals surface area contributed by atoms with E-state index in [-0.39, 0.29) is 5.91 Å². The normalized spacial score (nSPS) is 10.8. The SMILES string of the molecule is Cc1sc2ncnc(NCCC(=O)NCCc3ccccc3)c2c1-c1ccccc1. The number of nitrogens with zero attached hydrogens (tertiary/aromatic N) is 2. The van der Waals surface area contributed by atoms with Gasteiger partial charge in [0.05, 0.1) is 5.39 Å². The Morgan fingerprint density at radius 1 is 0.967 bits per heavy atom. The van der Waals surface area contributed by atoms with Crippen molar-refractivity contribution in [2.45, 2.75) is 19.8 Å². The number of carbonyl (C=O) groups is 1. The molecule has 152 valence electrons. The molecule has 30 heavy (non-hydrogen) atoms. The second-order valence-electron chi connectivity index (χ2n) is 7.06. The van der Waals surface area contributed by atoms with Gasteiger partial charge in [-0.2, -0.15) is 0 Å². The molecule has 4 aromatic rings. The molecule has 0 saturated heterocycles. The summed E-state index contributed by atoms with van der Waals surface area (Å²) in [7, 11) is 0. The number of fused-ring (bicyclic) bond motifs is 1. The van der Waals surface area contributed by atoms with Crippen molar-refractivity contribution in [3.8, 4) is 11.1 Å². The number of hydrogen-bond acceptors (Lipinski definition) is 5. The number of anilines is 1. The number of hydrogen-bond donors (Lipinski definition) is 2. The largest absolute Gasteiger partial charge is 0.369 e. The monoisotopic (exact) mass is 416 g/mol. The molecule has 2 aromatic heterocycles. The Kier molecular flexibility index (Phi) is 6.35. The van der Waals surface area contributed by atoms with Crippen molar-refractivity contribution in [1.82, 2.24) is 15.3 Å². The molecule has 0 aliphatic heterocycles. The van der Waals surface area contributed by atoms with Gasteiger partial charge in [0.25, 0.3) is 0 Å². The van der Waals surface area contributed by atoms with Crippen LogP contribution in [-0.4, -0.2) is 29.0 Å². The lowest BCUT2D eigenvalue weighted by Crippen LogP contribution is -2.27. The molecule has 0 aliphatic rings. The predicted molar refractivity (Wildman–Crippen MR) is 124 cm³/mol. The molecule has 0 radical (unpaired) electrons. The molecular weight excluding hydrogens is 392 g/mol. The Bertz CT molecular complexity index is 1130. The van der Waals surface area contributed by atoms with Crippen LogP contribution in [0.5, 0.6) is 0 Å². The van der Waals surface area contributed by atoms with Crippen LogP contribution < -0.4 is 10.6 Å². The molecule has 6 heteroatoms. The Balaban J connectivity index is 1.39. The number of carbonyl (C=O) groups excluding carboxylic acids is 1. The van der Waals surface area contributed by atoms with Crippen molar-refractivity contribution in [1.29, 1.82) is 0 Å². The molecule has 0 fully saturated rings. The van der Waals surface area contributed by atoms with Gasteiger partial charge >= 0.3 is 0 Å². The standard InChI is InChI=1S/C24H24N4OS/c1-17-21(19-10-6-3-7-11-19)22-23(27-16-28-24(22)30-17)26-15-13-20(29)25-14-12-18-8-4-2-5-9-18/h2-11,16H,12-15H2,1H3,(H,25,29)(H,26,27,28). The highest BCUT2D eigenvalue weighted by Gasteiger charge is 2.16. The molecule has 0 atom stereocenters. The first kappa shape index (κ1) is 20.0. The summed E-state index contributed by atoms with van der Waals surface area (Å²) in [6.07, 6.45) is 2.81. The van der Waals surface area contributed by atoms with Crippen LogP contribution in [0.1, 0.15) is 16.9 Å². The van der Waals surface area contributed by atoms with Crippen molar-refractivity contribution in [3.05, 3.63) is 77.4 Å². The van der Waals surface area contributed by atoms with E-state index in [2.05, 4.69) is 51.8 Å². The molecule has 2 heterocycles. The highest BCUT2D eigenvalue weighted by Crippen LogP contribution is 2.40. The van der Waals surface area contributed by atoms with Gasteiger partial charge in [-0.15, -0.1) is 11.3 Å². The first-order valence-corrected chi connectivity index (χ1v) is 10.9. The first-order chi connectivity index (χ1) is 14.7. The second-order valence-corrected chi connectivity index (χ2v) is 8.27. The minimum absolute atomic E-state index is 0.0357. The highest BCUT2D eigenvalue weighted by molar-refractivity contribution is 7.19. The van der Waals surface area contributed by atoms with Crippen LogP contribution in [0.25, 0.3) is 21.3 Å². The van der Waals surface area contributed by atoms with E-state index in [9.17, 15) is 4.79 Å². The summed E-state index contributed by atoms with van der Waals surface area (Å²) >= 11 is 1.67. The lowest BCUT2D eigenvalue weighted by atomic mass is 10.0. The number of benzene rings is 2. The minimum Gasteiger partial charge on any atom is -0.369 e. The summed E-state index contributed by atoms with van der Waals surface area (Å²) in [5.41, 5.74) is 3.53. The number of aromatic nitrogens is 2. The van der Waals surface area contributed by atoms with E-state index in [0.717, 1.165) is 33.6 Å². The molecule has 0 unspecified atom stereocenters. The fourth-order valence-electron chi connectivity index (χ4n) is 3.50. The van der Waals surface area contributed by atoms with Crippen molar-refractivity contribution in [3.63, 3.8) is 0 Å². The Hall–Kier alpha value is -3.25. The van der Waals surface area contributed by atoms with E-state index in [4.69, 9.17) is 0 Å². The van der Waals surface area contributed by atoms with Gasteiger partial charge in [0.1, 0.15) is 17.0 Å². The van der Waals surface area contributed by atoms with E-state index in [0.29, 0.717) is 19.5 Å². The van der Waals surface area contributed by atoms with Crippen molar-refractivity contribution in [2.75, 3.05) is 18.4 Å². The van der Waals surface area contributed by atoms with Crippen molar-refractivity contribution < 1.29 is 4.79 Å². The lowest BCUT2D eigenvalue weighted by Gasteiger charge is -2.09. The highest BCUT2D eigenvalue weighted by atomic mass is 32.1. The Morgan fingerprint density at radius 3 is 2.47 bits per heavy atom. The number of aryl methyl sites for hydroxylation is 1. The molecule has 0 aliphatic carbocycles. The van der Waals surface area contributed by atoms with E-state index in [1.165, 1.54) is 10.4 Å². The fraction of sp³-hybridized carbons (Fsp3) is 0.208. The molecule has 0 spiro atoms. The van der Waals surface area contributed by atoms with Gasteiger partial charge in [0.15, 0.2) is 0 Å². The van der Waals surface area contributed by atoms with E-state index < -0.39 is 0 Å². The summed E-state index contributed by atoms with van der Waals surface area (Å²) in [4.78, 5) is 23.3. The van der Waals surface area contributed by atoms with Crippen molar-refractivity contribution in [2.24, 2.45) is 0 Å². The van der Waals surface area contributed by atoms with Crippen molar-refractivity contribution >= 4 is 33.3 Å². The molecule has 4 rings (SSSR count). The molecular formula is C24H24N4OS. The molecule has 0 bridgehead atoms. The maximum Gasteiger partial charge on any atom is 0.221 e. The summed E-state index contributed by atoms with van der Waals surface area (Å²) in [6.45, 7) is 3.27. The smallest absolute Gasteiger partial charge is 0.221 e. The summed E-state index contributed by atoms with van der Waals surface area (Å²) < 4.78 is 0. The zero-order chi connectivity index (χ0) is 20.8. The average molecular weight is 417 g/mol. The van der Waals surface area contributed by atoms with E-state index in [1.54, 1.807) is 17.7 Å². The second kappa shape index (κ2) is 9.50. The molecule has 5 nitrogen and oxygen atoms in total. The third-order valence-electron chi connectivity index (χ3n) is 4.95. The van der Waals surface area contributed by atoms with Gasteiger partial charge < -0.3 is 10.6 Å². The topological polar surface area (TPSA) is 66.9 Å². The zero-order valence-corrected chi connectivity index (χ0v) is 17.7. The van der Waals surface area contributed by atoms with E-state index in [1.807, 2.05) is 36.4 Å². The summed E-state index contributed by atoms with van der Waals surface area (Å²) in [5.74, 6) is 0.814. The summed E-state index contributed by atoms with van der Waals surface area (Å²) in [6, 6.07) is 20.5. The predicted octanol–water partition coefficient (Wildman–Crippen LogP) is 4.83. The van der Waals surface area contributed by atoms with E-state index >= 15 is 0 Å². The number of rotatable bonds is 8. The fourth-order valence-corrected chi connectivity index (χ4v) is 4.52. The molecule has 1 amide bonds. The average Bonchev–Trinajstić information content (AvgIpc) is 3.12. The number of thiophene rings is 1. The molecule has 2 aromatic carbocycles. The Morgan fingerprint density at radius 2 is 1.70 bits per heavy atom. The Labute approximate surface area is 180 Å². The van der Waals surface area contributed by atoms with Crippen LogP contribution >= 0.6 is 11.3 Å². The summed E-state index contributed by atoms with van der Waals surface area (Å²) in [5, 5.41) is 7.35. The number of amides is 1. The third-order valence-corrected chi connectivity index (χ3v) is 5.96. The maximum atomic E-state index is 12.2. The van der Waals surface area contributed by atoms with Gasteiger partial charge in [-0.05, 0) is 24.5 Å². The maximum absolute atomic E-state index is 12.2. The number of nitrogens with one attached hydrogen (secondary N) is 2. The molecule has 2 N–H and O–H groups in total. The van der Waals surface area contributed by atoms with Gasteiger partial charge in [-0.25, -0.2) is 9.97 Å². The van der Waals surface area contributed by atoms with Gasteiger partial charge in [0.2, 0.25) is 5.91 Å². The van der Waals surface area contributed by atoms with Crippen LogP contribution in [0, 0.1) is 6.92 Å². The first-order valence-electron chi connectivity index (χ1n) is 10.1. The van der Waals surface area contributed by atoms with Gasteiger partial charge in [0, 0.05) is 30.0 Å². The zero-order valence-electron chi connectivity index (χ0n) is 16.9. The quantitative estimate of drug-likeness (QED) is 0.432. The van der Waals surface area contributed by atoms with Gasteiger partial charge in [-0.1, -0.05) is 60.7 Å². The minimum atomic E-state index is 0.0357. The molecule has 0 saturated carbocycles. The lowest BCUT2D eigenvalue weighted by molar-refractivity contribution is -0.120. The van der Waals surface area contributed by atoms with Crippen LogP contribution in [0.2, 0.25) is 0 Å². The van der Waals surface area contributed by atoms with Crippen LogP contribution in [0.3, 0.4) is 0 Å². The van der Waals surface area contributed by atoms with Crippen LogP contribution in [0.4, 0.5) is 5.82 Å². The van der Waals surface area contributed by atoms with Crippen LogP contribution in [-0.2, 0) is 11.2 Å². The van der Waals surface area contributed by atoms with Crippen LogP contribution in [0.15, 0.2) is 67.0 Å². The van der Waals surface area contributed by atoms with Gasteiger partial charge in [-0.3, -0.25) is 4.79 Å². The third kappa shape index (κ3) is 4.66.